The van der Waals surface area contributed by atoms with Gasteiger partial charge in [0.25, 0.3) is 0 Å². The Hall–Kier alpha value is -1.19. The third-order valence-corrected chi connectivity index (χ3v) is 5.13. The minimum absolute atomic E-state index is 0.184. The molecule has 0 atom stereocenters. The first kappa shape index (κ1) is 14.7. The summed E-state index contributed by atoms with van der Waals surface area (Å²) in [5.74, 6) is 0.298. The minimum atomic E-state index is -0.675. The third-order valence-electron chi connectivity index (χ3n) is 4.54. The Morgan fingerprint density at radius 2 is 2.00 bits per heavy atom. The highest BCUT2D eigenvalue weighted by atomic mass is 79.9. The van der Waals surface area contributed by atoms with E-state index in [0.717, 1.165) is 44.9 Å². The lowest BCUT2D eigenvalue weighted by Crippen LogP contribution is -2.28. The van der Waals surface area contributed by atoms with E-state index in [2.05, 4.69) is 20.9 Å². The molecule has 1 aromatic carbocycles. The van der Waals surface area contributed by atoms with Gasteiger partial charge in [-0.15, -0.1) is 0 Å². The molecule has 3 nitrogen and oxygen atoms in total. The molecule has 2 aliphatic rings. The molecule has 2 aliphatic carbocycles. The van der Waals surface area contributed by atoms with Crippen molar-refractivity contribution in [1.82, 2.24) is 0 Å². The molecule has 0 saturated heterocycles. The molecule has 2 fully saturated rings. The van der Waals surface area contributed by atoms with Crippen molar-refractivity contribution in [2.24, 2.45) is 4.99 Å². The predicted molar refractivity (Wildman–Crippen MR) is 80.6 cm³/mol. The van der Waals surface area contributed by atoms with E-state index in [1.54, 1.807) is 6.08 Å². The fourth-order valence-electron chi connectivity index (χ4n) is 3.17. The van der Waals surface area contributed by atoms with Crippen LogP contribution in [0.5, 0.6) is 5.75 Å². The second-order valence-electron chi connectivity index (χ2n) is 5.88. The number of ether oxygens (including phenoxy) is 1. The van der Waals surface area contributed by atoms with Gasteiger partial charge in [-0.25, -0.2) is 9.18 Å². The van der Waals surface area contributed by atoms with Crippen molar-refractivity contribution >= 4 is 22.0 Å². The van der Waals surface area contributed by atoms with Crippen molar-refractivity contribution in [2.75, 3.05) is 0 Å². The second kappa shape index (κ2) is 5.90. The first-order valence-electron chi connectivity index (χ1n) is 7.40. The molecule has 0 N–H and O–H groups in total. The molecule has 0 amide bonds. The topological polar surface area (TPSA) is 38.7 Å². The zero-order valence-electron chi connectivity index (χ0n) is 11.7. The molecule has 0 aromatic heterocycles. The van der Waals surface area contributed by atoms with Gasteiger partial charge in [0.15, 0.2) is 0 Å². The predicted octanol–water partition coefficient (Wildman–Crippen LogP) is 4.62. The average molecular weight is 354 g/mol. The molecule has 0 aliphatic heterocycles. The van der Waals surface area contributed by atoms with Crippen LogP contribution in [-0.4, -0.2) is 12.2 Å². The van der Waals surface area contributed by atoms with Gasteiger partial charge in [-0.2, -0.15) is 4.99 Å². The largest absolute Gasteiger partial charge is 0.489 e. The molecule has 0 unspecified atom stereocenters. The van der Waals surface area contributed by atoms with Gasteiger partial charge in [0.05, 0.1) is 10.6 Å². The van der Waals surface area contributed by atoms with Crippen molar-refractivity contribution in [3.05, 3.63) is 28.0 Å². The quantitative estimate of drug-likeness (QED) is 0.584. The normalized spacial score (nSPS) is 20.7. The van der Waals surface area contributed by atoms with Crippen LogP contribution >= 0.6 is 15.9 Å². The summed E-state index contributed by atoms with van der Waals surface area (Å²) in [6.07, 6.45) is 8.49. The van der Waals surface area contributed by atoms with Crippen molar-refractivity contribution < 1.29 is 13.9 Å². The van der Waals surface area contributed by atoms with E-state index in [1.807, 2.05) is 0 Å². The summed E-state index contributed by atoms with van der Waals surface area (Å²) in [4.78, 5) is 14.9. The van der Waals surface area contributed by atoms with Gasteiger partial charge in [0.1, 0.15) is 17.1 Å². The van der Waals surface area contributed by atoms with Gasteiger partial charge in [-0.1, -0.05) is 12.8 Å². The SMILES string of the molecule is O=C=NC1(c2cc(F)cc(Br)c2OC2CCC2)CCCC1. The fraction of sp³-hybridized carbons (Fsp3) is 0.562. The van der Waals surface area contributed by atoms with Gasteiger partial charge in [0, 0.05) is 5.56 Å². The second-order valence-corrected chi connectivity index (χ2v) is 6.73. The van der Waals surface area contributed by atoms with Crippen LogP contribution in [0.2, 0.25) is 0 Å². The highest BCUT2D eigenvalue weighted by molar-refractivity contribution is 9.10. The van der Waals surface area contributed by atoms with Gasteiger partial charge in [0.2, 0.25) is 6.08 Å². The average Bonchev–Trinajstić information content (AvgIpc) is 2.85. The number of hydrogen-bond acceptors (Lipinski definition) is 3. The number of carbonyl (C=O) groups excluding carboxylic acids is 1. The summed E-state index contributed by atoms with van der Waals surface area (Å²) in [5.41, 5.74) is 0.00737. The van der Waals surface area contributed by atoms with Crippen LogP contribution in [0, 0.1) is 5.82 Å². The summed E-state index contributed by atoms with van der Waals surface area (Å²) < 4.78 is 20.5. The van der Waals surface area contributed by atoms with E-state index in [1.165, 1.54) is 12.1 Å². The lowest BCUT2D eigenvalue weighted by Gasteiger charge is -2.31. The maximum absolute atomic E-state index is 13.9. The van der Waals surface area contributed by atoms with E-state index in [9.17, 15) is 9.18 Å². The monoisotopic (exact) mass is 353 g/mol. The number of halogens is 2. The maximum Gasteiger partial charge on any atom is 0.235 e. The number of rotatable bonds is 4. The number of nitrogens with zero attached hydrogens (tertiary/aromatic N) is 1. The summed E-state index contributed by atoms with van der Waals surface area (Å²) in [6, 6.07) is 2.87. The molecule has 21 heavy (non-hydrogen) atoms. The highest BCUT2D eigenvalue weighted by Crippen LogP contribution is 2.48. The standard InChI is InChI=1S/C16H17BrFNO2/c17-14-9-11(18)8-13(15(14)21-12-4-3-5-12)16(19-10-20)6-1-2-7-16/h8-9,12H,1-7H2. The van der Waals surface area contributed by atoms with Crippen LogP contribution in [-0.2, 0) is 10.3 Å². The molecule has 2 saturated carbocycles. The Morgan fingerprint density at radius 3 is 2.57 bits per heavy atom. The van der Waals surface area contributed by atoms with E-state index in [0.29, 0.717) is 15.8 Å². The number of benzene rings is 1. The molecular weight excluding hydrogens is 337 g/mol. The summed E-state index contributed by atoms with van der Waals surface area (Å²) in [7, 11) is 0. The fourth-order valence-corrected chi connectivity index (χ4v) is 3.70. The Bertz CT molecular complexity index is 588. The van der Waals surface area contributed by atoms with Crippen LogP contribution in [0.25, 0.3) is 0 Å². The van der Waals surface area contributed by atoms with Crippen LogP contribution in [0.1, 0.15) is 50.5 Å². The van der Waals surface area contributed by atoms with Gasteiger partial charge >= 0.3 is 0 Å². The number of aliphatic imine (C=N–C) groups is 1. The zero-order chi connectivity index (χ0) is 14.9. The van der Waals surface area contributed by atoms with Crippen molar-refractivity contribution in [1.29, 1.82) is 0 Å². The van der Waals surface area contributed by atoms with Gasteiger partial charge < -0.3 is 4.74 Å². The lowest BCUT2D eigenvalue weighted by molar-refractivity contribution is 0.116. The summed E-state index contributed by atoms with van der Waals surface area (Å²) >= 11 is 3.40. The first-order valence-corrected chi connectivity index (χ1v) is 8.19. The summed E-state index contributed by atoms with van der Waals surface area (Å²) in [5, 5.41) is 0. The van der Waals surface area contributed by atoms with E-state index < -0.39 is 5.54 Å². The molecule has 5 heteroatoms. The van der Waals surface area contributed by atoms with Crippen LogP contribution in [0.3, 0.4) is 0 Å². The van der Waals surface area contributed by atoms with Crippen molar-refractivity contribution in [3.8, 4) is 5.75 Å². The minimum Gasteiger partial charge on any atom is -0.489 e. The Labute approximate surface area is 131 Å². The summed E-state index contributed by atoms with van der Waals surface area (Å²) in [6.45, 7) is 0. The van der Waals surface area contributed by atoms with E-state index in [-0.39, 0.29) is 11.9 Å². The zero-order valence-corrected chi connectivity index (χ0v) is 13.3. The Morgan fingerprint density at radius 1 is 1.29 bits per heavy atom. The van der Waals surface area contributed by atoms with Crippen molar-refractivity contribution in [3.63, 3.8) is 0 Å². The lowest BCUT2D eigenvalue weighted by atomic mass is 9.87. The maximum atomic E-state index is 13.9. The van der Waals surface area contributed by atoms with Gasteiger partial charge in [-0.3, -0.25) is 0 Å². The molecule has 0 heterocycles. The van der Waals surface area contributed by atoms with Crippen LogP contribution in [0.15, 0.2) is 21.6 Å². The van der Waals surface area contributed by atoms with Crippen molar-refractivity contribution in [2.45, 2.75) is 56.6 Å². The number of hydrogen-bond donors (Lipinski definition) is 0. The molecule has 112 valence electrons. The van der Waals surface area contributed by atoms with Gasteiger partial charge in [-0.05, 0) is 60.2 Å². The van der Waals surface area contributed by atoms with E-state index in [4.69, 9.17) is 4.74 Å². The molecular formula is C16H17BrFNO2. The van der Waals surface area contributed by atoms with Crippen LogP contribution < -0.4 is 4.74 Å². The molecule has 0 bridgehead atoms. The highest BCUT2D eigenvalue weighted by Gasteiger charge is 2.39. The first-order chi connectivity index (χ1) is 10.1. The van der Waals surface area contributed by atoms with E-state index >= 15 is 0 Å². The molecule has 3 rings (SSSR count). The molecule has 0 spiro atoms. The smallest absolute Gasteiger partial charge is 0.235 e. The molecule has 1 aromatic rings. The Kier molecular flexibility index (Phi) is 4.14. The third kappa shape index (κ3) is 2.77. The Balaban J connectivity index is 2.07. The van der Waals surface area contributed by atoms with Crippen LogP contribution in [0.4, 0.5) is 4.39 Å². The molecule has 0 radical (unpaired) electrons. The number of isocyanates is 1.